The lowest BCUT2D eigenvalue weighted by Crippen LogP contribution is -2.16. The van der Waals surface area contributed by atoms with Crippen molar-refractivity contribution in [3.8, 4) is 0 Å². The van der Waals surface area contributed by atoms with Crippen LogP contribution in [0.3, 0.4) is 0 Å². The zero-order chi connectivity index (χ0) is 19.9. The molecule has 0 aromatic heterocycles. The highest BCUT2D eigenvalue weighted by atomic mass is 16.5. The lowest BCUT2D eigenvalue weighted by Gasteiger charge is -2.17. The molecule has 1 aliphatic carbocycles. The Morgan fingerprint density at radius 1 is 1.07 bits per heavy atom. The van der Waals surface area contributed by atoms with Crippen LogP contribution in [0.5, 0.6) is 0 Å². The Labute approximate surface area is 164 Å². The molecule has 0 aliphatic heterocycles. The molecular formula is C23H24O5. The number of rotatable bonds is 7. The van der Waals surface area contributed by atoms with Crippen LogP contribution in [0, 0.1) is 5.92 Å². The number of carbonyl (C=O) groups is 2. The Bertz CT molecular complexity index is 856. The molecule has 0 unspecified atom stereocenters. The van der Waals surface area contributed by atoms with Crippen LogP contribution in [0.1, 0.15) is 35.4 Å². The van der Waals surface area contributed by atoms with Crippen LogP contribution < -0.4 is 0 Å². The molecule has 0 radical (unpaired) electrons. The maximum absolute atomic E-state index is 12.4. The predicted octanol–water partition coefficient (Wildman–Crippen LogP) is 4.04. The normalized spacial score (nSPS) is 18.5. The molecule has 146 valence electrons. The summed E-state index contributed by atoms with van der Waals surface area (Å²) in [7, 11) is 1.34. The molecule has 0 amide bonds. The first-order chi connectivity index (χ1) is 13.6. The number of aliphatic carboxylic acids is 1. The first-order valence-corrected chi connectivity index (χ1v) is 9.34. The van der Waals surface area contributed by atoms with Crippen LogP contribution in [-0.4, -0.2) is 30.8 Å². The summed E-state index contributed by atoms with van der Waals surface area (Å²) in [6.45, 7) is 0.983. The minimum Gasteiger partial charge on any atom is -0.481 e. The summed E-state index contributed by atoms with van der Waals surface area (Å²) < 4.78 is 10.7. The summed E-state index contributed by atoms with van der Waals surface area (Å²) in [5, 5.41) is 9.76. The van der Waals surface area contributed by atoms with E-state index in [-0.39, 0.29) is 5.92 Å². The molecule has 1 N–H and O–H groups in total. The minimum absolute atomic E-state index is 0.0987. The van der Waals surface area contributed by atoms with Crippen molar-refractivity contribution < 1.29 is 24.2 Å². The van der Waals surface area contributed by atoms with Gasteiger partial charge in [-0.2, -0.15) is 0 Å². The van der Waals surface area contributed by atoms with Gasteiger partial charge >= 0.3 is 11.9 Å². The van der Waals surface area contributed by atoms with E-state index in [9.17, 15) is 14.7 Å². The zero-order valence-corrected chi connectivity index (χ0v) is 15.8. The molecule has 0 heterocycles. The van der Waals surface area contributed by atoms with Crippen LogP contribution in [0.25, 0.3) is 5.57 Å². The van der Waals surface area contributed by atoms with E-state index in [1.807, 2.05) is 36.4 Å². The van der Waals surface area contributed by atoms with Crippen molar-refractivity contribution in [1.29, 1.82) is 0 Å². The van der Waals surface area contributed by atoms with Gasteiger partial charge in [0.25, 0.3) is 0 Å². The monoisotopic (exact) mass is 380 g/mol. The minimum atomic E-state index is -0.887. The topological polar surface area (TPSA) is 72.8 Å². The van der Waals surface area contributed by atoms with Crippen molar-refractivity contribution in [3.63, 3.8) is 0 Å². The van der Waals surface area contributed by atoms with Crippen LogP contribution in [-0.2, 0) is 25.7 Å². The molecule has 0 fully saturated rings. The van der Waals surface area contributed by atoms with Crippen molar-refractivity contribution in [2.45, 2.75) is 25.4 Å². The summed E-state index contributed by atoms with van der Waals surface area (Å²) in [4.78, 5) is 24.3. The van der Waals surface area contributed by atoms with E-state index < -0.39 is 17.9 Å². The third-order valence-electron chi connectivity index (χ3n) is 5.02. The Balaban J connectivity index is 1.77. The molecule has 2 aromatic rings. The van der Waals surface area contributed by atoms with Crippen molar-refractivity contribution in [2.24, 2.45) is 5.92 Å². The lowest BCUT2D eigenvalue weighted by molar-refractivity contribution is -0.139. The summed E-state index contributed by atoms with van der Waals surface area (Å²) in [5.41, 5.74) is 2.80. The molecule has 1 aliphatic rings. The fourth-order valence-electron chi connectivity index (χ4n) is 3.59. The van der Waals surface area contributed by atoms with E-state index in [1.54, 1.807) is 24.3 Å². The second-order valence-corrected chi connectivity index (χ2v) is 6.87. The van der Waals surface area contributed by atoms with Gasteiger partial charge in [-0.3, -0.25) is 4.79 Å². The number of methoxy groups -OCH3 is 1. The average Bonchev–Trinajstić information content (AvgIpc) is 2.89. The molecule has 2 atom stereocenters. The first-order valence-electron chi connectivity index (χ1n) is 9.34. The molecule has 0 saturated heterocycles. The second-order valence-electron chi connectivity index (χ2n) is 6.87. The second kappa shape index (κ2) is 9.33. The summed E-state index contributed by atoms with van der Waals surface area (Å²) in [6.07, 6.45) is 2.89. The fourth-order valence-corrected chi connectivity index (χ4v) is 3.59. The van der Waals surface area contributed by atoms with Crippen LogP contribution in [0.2, 0.25) is 0 Å². The number of carboxylic acid groups (broad SMARTS) is 1. The highest BCUT2D eigenvalue weighted by molar-refractivity contribution is 6.17. The first kappa shape index (κ1) is 19.8. The average molecular weight is 380 g/mol. The molecule has 2 aromatic carbocycles. The lowest BCUT2D eigenvalue weighted by atomic mass is 9.88. The Kier molecular flexibility index (Phi) is 6.61. The van der Waals surface area contributed by atoms with Gasteiger partial charge in [0.1, 0.15) is 0 Å². The summed E-state index contributed by atoms with van der Waals surface area (Å²) in [6, 6.07) is 17.0. The summed E-state index contributed by atoms with van der Waals surface area (Å²) >= 11 is 0. The molecule has 5 nitrogen and oxygen atoms in total. The van der Waals surface area contributed by atoms with E-state index in [2.05, 4.69) is 0 Å². The highest BCUT2D eigenvalue weighted by Crippen LogP contribution is 2.37. The Morgan fingerprint density at radius 2 is 1.79 bits per heavy atom. The van der Waals surface area contributed by atoms with E-state index in [4.69, 9.17) is 9.47 Å². The maximum atomic E-state index is 12.4. The SMILES string of the molecule is COC(=O)C1=C[C@H](CCOCc2ccccc2)C[C@H](C(=O)O)c2ccccc21. The number of hydrogen-bond donors (Lipinski definition) is 1. The quantitative estimate of drug-likeness (QED) is 0.580. The van der Waals surface area contributed by atoms with Crippen molar-refractivity contribution in [3.05, 3.63) is 77.4 Å². The van der Waals surface area contributed by atoms with Gasteiger partial charge in [-0.1, -0.05) is 60.7 Å². The van der Waals surface area contributed by atoms with Gasteiger partial charge in [0.2, 0.25) is 0 Å². The number of fused-ring (bicyclic) bond motifs is 1. The van der Waals surface area contributed by atoms with E-state index in [0.29, 0.717) is 42.8 Å². The molecule has 0 spiro atoms. The third-order valence-corrected chi connectivity index (χ3v) is 5.02. The van der Waals surface area contributed by atoms with Gasteiger partial charge in [0.15, 0.2) is 0 Å². The summed E-state index contributed by atoms with van der Waals surface area (Å²) in [5.74, 6) is -2.11. The van der Waals surface area contributed by atoms with E-state index >= 15 is 0 Å². The highest BCUT2D eigenvalue weighted by Gasteiger charge is 2.31. The molecule has 0 saturated carbocycles. The molecule has 0 bridgehead atoms. The molecule has 28 heavy (non-hydrogen) atoms. The molecule has 3 rings (SSSR count). The van der Waals surface area contributed by atoms with Gasteiger partial charge < -0.3 is 14.6 Å². The van der Waals surface area contributed by atoms with E-state index in [1.165, 1.54) is 7.11 Å². The fraction of sp³-hybridized carbons (Fsp3) is 0.304. The van der Waals surface area contributed by atoms with Gasteiger partial charge in [0, 0.05) is 6.61 Å². The predicted molar refractivity (Wildman–Crippen MR) is 106 cm³/mol. The molecular weight excluding hydrogens is 356 g/mol. The van der Waals surface area contributed by atoms with Gasteiger partial charge in [-0.15, -0.1) is 0 Å². The Morgan fingerprint density at radius 3 is 2.50 bits per heavy atom. The maximum Gasteiger partial charge on any atom is 0.338 e. The number of benzene rings is 2. The number of carboxylic acids is 1. The van der Waals surface area contributed by atoms with Crippen molar-refractivity contribution >= 4 is 17.5 Å². The largest absolute Gasteiger partial charge is 0.481 e. The van der Waals surface area contributed by atoms with Crippen LogP contribution >= 0.6 is 0 Å². The van der Waals surface area contributed by atoms with Crippen LogP contribution in [0.15, 0.2) is 60.7 Å². The number of ether oxygens (including phenoxy) is 2. The smallest absolute Gasteiger partial charge is 0.338 e. The van der Waals surface area contributed by atoms with Crippen molar-refractivity contribution in [2.75, 3.05) is 13.7 Å². The standard InChI is InChI=1S/C23H24O5/c1-27-23(26)21-14-17(11-12-28-15-16-7-3-2-4-8-16)13-20(22(24)25)18-9-5-6-10-19(18)21/h2-10,14,17,20H,11-13,15H2,1H3,(H,24,25)/t17-,20+/m1/s1. The van der Waals surface area contributed by atoms with Crippen molar-refractivity contribution in [1.82, 2.24) is 0 Å². The number of carbonyl (C=O) groups excluding carboxylic acids is 1. The molecule has 5 heteroatoms. The van der Waals surface area contributed by atoms with Gasteiger partial charge in [-0.25, -0.2) is 4.79 Å². The third kappa shape index (κ3) is 4.67. The number of hydrogen-bond acceptors (Lipinski definition) is 4. The number of esters is 1. The zero-order valence-electron chi connectivity index (χ0n) is 15.8. The van der Waals surface area contributed by atoms with Gasteiger partial charge in [0.05, 0.1) is 25.2 Å². The Hall–Kier alpha value is -2.92. The van der Waals surface area contributed by atoms with Crippen LogP contribution in [0.4, 0.5) is 0 Å². The van der Waals surface area contributed by atoms with Gasteiger partial charge in [-0.05, 0) is 35.4 Å². The number of allylic oxidation sites excluding steroid dienone is 1. The van der Waals surface area contributed by atoms with E-state index in [0.717, 1.165) is 5.56 Å².